The predicted octanol–water partition coefficient (Wildman–Crippen LogP) is 8.26. The smallest absolute Gasteiger partial charge is 0.327 e. The molecule has 0 amide bonds. The third kappa shape index (κ3) is 14.4. The van der Waals surface area contributed by atoms with Crippen molar-refractivity contribution in [2.24, 2.45) is 5.41 Å². The summed E-state index contributed by atoms with van der Waals surface area (Å²) >= 11 is 0. The maximum atomic E-state index is 10.9. The van der Waals surface area contributed by atoms with Crippen LogP contribution in [0.2, 0.25) is 0 Å². The Labute approximate surface area is 264 Å². The van der Waals surface area contributed by atoms with Crippen molar-refractivity contribution in [3.63, 3.8) is 0 Å². The van der Waals surface area contributed by atoms with Crippen molar-refractivity contribution in [1.82, 2.24) is 0 Å². The van der Waals surface area contributed by atoms with Gasteiger partial charge in [-0.05, 0) is 45.9 Å². The number of hydrogen-bond acceptors (Lipinski definition) is 8. The molecule has 1 unspecified atom stereocenters. The summed E-state index contributed by atoms with van der Waals surface area (Å²) in [7, 11) is -5.46. The first-order valence-corrected chi connectivity index (χ1v) is 18.5. The molecular weight excluding hydrogens is 586 g/mol. The molecule has 43 heavy (non-hydrogen) atoms. The normalized spacial score (nSPS) is 13.8. The van der Waals surface area contributed by atoms with Gasteiger partial charge in [-0.25, -0.2) is 0 Å². The molecule has 1 aromatic carbocycles. The fraction of sp³-hybridized carbons (Fsp3) is 0.818. The molecule has 0 saturated heterocycles. The summed E-state index contributed by atoms with van der Waals surface area (Å²) in [5.41, 5.74) is 2.31. The van der Waals surface area contributed by atoms with Crippen LogP contribution in [0.4, 0.5) is 0 Å². The summed E-state index contributed by atoms with van der Waals surface area (Å²) in [6.07, 6.45) is 12.0. The molecule has 1 atom stereocenters. The van der Waals surface area contributed by atoms with Gasteiger partial charge in [-0.1, -0.05) is 125 Å². The molecule has 0 aliphatic rings. The number of unbranched alkanes of at least 4 members (excludes halogenated alkanes) is 9. The lowest BCUT2D eigenvalue weighted by atomic mass is 9.69. The minimum atomic E-state index is -2.73. The molecule has 0 fully saturated rings. The van der Waals surface area contributed by atoms with E-state index in [0.717, 1.165) is 42.4 Å². The van der Waals surface area contributed by atoms with E-state index >= 15 is 0 Å². The molecule has 5 N–H and O–H groups in total. The van der Waals surface area contributed by atoms with Crippen molar-refractivity contribution in [3.05, 3.63) is 34.4 Å². The summed E-state index contributed by atoms with van der Waals surface area (Å²) in [4.78, 5) is 38.8. The van der Waals surface area contributed by atoms with Gasteiger partial charge in [0.25, 0.3) is 0 Å². The molecule has 0 aliphatic carbocycles. The zero-order valence-electron chi connectivity index (χ0n) is 28.2. The van der Waals surface area contributed by atoms with E-state index < -0.39 is 35.3 Å². The Morgan fingerprint density at radius 3 is 1.44 bits per heavy atom. The van der Waals surface area contributed by atoms with Gasteiger partial charge in [0, 0.05) is 6.61 Å². The number of aryl methyl sites for hydroxylation is 1. The SMILES string of the molecule is CCCCCCCCCCCCOC(c1c(C(C)(C)C)cc(CC)cc1C(C)(C)C)C(CO)(COP(O)O)COP(O)O. The van der Waals surface area contributed by atoms with Gasteiger partial charge < -0.3 is 38.5 Å². The van der Waals surface area contributed by atoms with Crippen molar-refractivity contribution in [1.29, 1.82) is 0 Å². The van der Waals surface area contributed by atoms with E-state index in [-0.39, 0.29) is 24.0 Å². The van der Waals surface area contributed by atoms with Gasteiger partial charge in [0.15, 0.2) is 0 Å². The Kier molecular flexibility index (Phi) is 19.1. The van der Waals surface area contributed by atoms with Crippen LogP contribution in [0, 0.1) is 5.41 Å². The van der Waals surface area contributed by atoms with Crippen molar-refractivity contribution in [2.45, 2.75) is 143 Å². The minimum absolute atomic E-state index is 0.288. The van der Waals surface area contributed by atoms with E-state index in [4.69, 9.17) is 13.8 Å². The van der Waals surface area contributed by atoms with Crippen LogP contribution in [0.15, 0.2) is 12.1 Å². The zero-order chi connectivity index (χ0) is 32.7. The summed E-state index contributed by atoms with van der Waals surface area (Å²) in [5, 5.41) is 10.9. The second kappa shape index (κ2) is 20.1. The molecule has 0 radical (unpaired) electrons. The van der Waals surface area contributed by atoms with Crippen molar-refractivity contribution in [3.8, 4) is 0 Å². The van der Waals surface area contributed by atoms with E-state index in [9.17, 15) is 24.7 Å². The van der Waals surface area contributed by atoms with Gasteiger partial charge in [0.2, 0.25) is 0 Å². The maximum Gasteiger partial charge on any atom is 0.327 e. The second-order valence-corrected chi connectivity index (χ2v) is 15.5. The minimum Gasteiger partial charge on any atom is -0.395 e. The Hall–Kier alpha value is -0.240. The number of rotatable bonds is 22. The van der Waals surface area contributed by atoms with Gasteiger partial charge in [0.05, 0.1) is 31.3 Å². The molecule has 0 heterocycles. The number of benzene rings is 1. The van der Waals surface area contributed by atoms with Gasteiger partial charge in [-0.3, -0.25) is 0 Å². The zero-order valence-corrected chi connectivity index (χ0v) is 30.0. The third-order valence-corrected chi connectivity index (χ3v) is 8.83. The number of hydrogen-bond donors (Lipinski definition) is 5. The third-order valence-electron chi connectivity index (χ3n) is 8.11. The molecule has 0 spiro atoms. The Morgan fingerprint density at radius 2 is 1.09 bits per heavy atom. The van der Waals surface area contributed by atoms with E-state index in [1.165, 1.54) is 50.5 Å². The largest absolute Gasteiger partial charge is 0.395 e. The quantitative estimate of drug-likeness (QED) is 0.0628. The van der Waals surface area contributed by atoms with Gasteiger partial charge in [-0.15, -0.1) is 0 Å². The van der Waals surface area contributed by atoms with Gasteiger partial charge in [0.1, 0.15) is 0 Å². The molecule has 8 nitrogen and oxygen atoms in total. The first kappa shape index (κ1) is 40.8. The van der Waals surface area contributed by atoms with Gasteiger partial charge >= 0.3 is 17.2 Å². The van der Waals surface area contributed by atoms with Crippen LogP contribution >= 0.6 is 17.2 Å². The number of aliphatic hydroxyl groups is 1. The molecule has 252 valence electrons. The number of aliphatic hydroxyl groups excluding tert-OH is 1. The molecular formula is C33H62O8P2. The van der Waals surface area contributed by atoms with Crippen LogP contribution in [0.3, 0.4) is 0 Å². The number of ether oxygens (including phenoxy) is 1. The van der Waals surface area contributed by atoms with Crippen LogP contribution in [-0.4, -0.2) is 51.1 Å². The Bertz CT molecular complexity index is 849. The van der Waals surface area contributed by atoms with Crippen molar-refractivity contribution in [2.75, 3.05) is 26.4 Å². The van der Waals surface area contributed by atoms with E-state index in [1.54, 1.807) is 0 Å². The van der Waals surface area contributed by atoms with Crippen molar-refractivity contribution < 1.29 is 38.5 Å². The first-order chi connectivity index (χ1) is 20.1. The van der Waals surface area contributed by atoms with Gasteiger partial charge in [-0.2, -0.15) is 0 Å². The standard InChI is InChI=1S/C33H62O8P2/c1-9-11-12-13-14-15-16-17-18-19-20-39-30(33(23-34,24-40-42(35)36)25-41-43(37)38)29-27(31(3,4)5)21-26(10-2)22-28(29)32(6,7)8/h21-22,30,34-38H,9-20,23-25H2,1-8H3. The highest BCUT2D eigenvalue weighted by Crippen LogP contribution is 2.49. The predicted molar refractivity (Wildman–Crippen MR) is 178 cm³/mol. The van der Waals surface area contributed by atoms with Crippen molar-refractivity contribution >= 4 is 17.2 Å². The summed E-state index contributed by atoms with van der Waals surface area (Å²) in [6.45, 7) is 16.5. The average Bonchev–Trinajstić information content (AvgIpc) is 2.92. The van der Waals surface area contributed by atoms with E-state index in [2.05, 4.69) is 67.5 Å². The first-order valence-electron chi connectivity index (χ1n) is 16.1. The van der Waals surface area contributed by atoms with Crippen LogP contribution in [0.5, 0.6) is 0 Å². The van der Waals surface area contributed by atoms with Crippen LogP contribution < -0.4 is 0 Å². The van der Waals surface area contributed by atoms with E-state index in [0.29, 0.717) is 6.61 Å². The van der Waals surface area contributed by atoms with Crippen LogP contribution in [0.25, 0.3) is 0 Å². The molecule has 1 aromatic rings. The Morgan fingerprint density at radius 1 is 0.674 bits per heavy atom. The second-order valence-electron chi connectivity index (χ2n) is 14.0. The molecule has 1 rings (SSSR count). The van der Waals surface area contributed by atoms with E-state index in [1.807, 2.05) is 0 Å². The molecule has 0 aliphatic heterocycles. The molecule has 10 heteroatoms. The summed E-state index contributed by atoms with van der Waals surface area (Å²) in [5.74, 6) is 0. The lowest BCUT2D eigenvalue weighted by Crippen LogP contribution is -2.44. The van der Waals surface area contributed by atoms with Crippen LogP contribution in [-0.2, 0) is 31.0 Å². The molecule has 0 bridgehead atoms. The molecule has 0 aromatic heterocycles. The van der Waals surface area contributed by atoms with Crippen LogP contribution in [0.1, 0.15) is 148 Å². The summed E-state index contributed by atoms with van der Waals surface area (Å²) < 4.78 is 17.4. The topological polar surface area (TPSA) is 129 Å². The summed E-state index contributed by atoms with van der Waals surface area (Å²) in [6, 6.07) is 4.39. The lowest BCUT2D eigenvalue weighted by molar-refractivity contribution is -0.111. The highest BCUT2D eigenvalue weighted by Gasteiger charge is 2.46. The maximum absolute atomic E-state index is 10.9. The molecule has 0 saturated carbocycles. The monoisotopic (exact) mass is 648 g/mol. The lowest BCUT2D eigenvalue weighted by Gasteiger charge is -2.43. The fourth-order valence-corrected chi connectivity index (χ4v) is 6.28. The fourth-order valence-electron chi connectivity index (χ4n) is 5.54. The highest BCUT2D eigenvalue weighted by atomic mass is 31.2. The Balaban J connectivity index is 3.50. The highest BCUT2D eigenvalue weighted by molar-refractivity contribution is 7.39. The average molecular weight is 649 g/mol.